The molecule has 2 heterocycles. The van der Waals surface area contributed by atoms with E-state index >= 15 is 0 Å². The number of aliphatic hydroxyl groups excluding tert-OH is 1. The van der Waals surface area contributed by atoms with Crippen molar-refractivity contribution in [3.63, 3.8) is 0 Å². The monoisotopic (exact) mass is 342 g/mol. The summed E-state index contributed by atoms with van der Waals surface area (Å²) < 4.78 is 13.5. The minimum Gasteiger partial charge on any atom is -0.465 e. The van der Waals surface area contributed by atoms with Gasteiger partial charge in [-0.25, -0.2) is 9.18 Å². The van der Waals surface area contributed by atoms with Gasteiger partial charge in [0, 0.05) is 18.2 Å². The van der Waals surface area contributed by atoms with E-state index in [4.69, 9.17) is 0 Å². The number of carbonyl (C=O) groups is 1. The summed E-state index contributed by atoms with van der Waals surface area (Å²) in [5.41, 5.74) is 3.31. The van der Waals surface area contributed by atoms with Gasteiger partial charge < -0.3 is 20.4 Å². The highest BCUT2D eigenvalue weighted by Crippen LogP contribution is 2.47. The Morgan fingerprint density at radius 3 is 2.76 bits per heavy atom. The summed E-state index contributed by atoms with van der Waals surface area (Å²) in [5.74, 6) is -0.282. The Labute approximate surface area is 144 Å². The van der Waals surface area contributed by atoms with Gasteiger partial charge in [0.25, 0.3) is 0 Å². The molecule has 6 heteroatoms. The van der Waals surface area contributed by atoms with E-state index in [1.807, 2.05) is 24.3 Å². The number of hydrogen-bond acceptors (Lipinski definition) is 3. The lowest BCUT2D eigenvalue weighted by molar-refractivity contribution is 0.127. The van der Waals surface area contributed by atoms with Crippen molar-refractivity contribution in [2.75, 3.05) is 18.5 Å². The highest BCUT2D eigenvalue weighted by atomic mass is 19.1. The Bertz CT molecular complexity index is 826. The maximum absolute atomic E-state index is 13.5. The molecule has 25 heavy (non-hydrogen) atoms. The molecule has 0 spiro atoms. The van der Waals surface area contributed by atoms with Gasteiger partial charge in [-0.3, -0.25) is 0 Å². The van der Waals surface area contributed by atoms with Gasteiger partial charge in [0.2, 0.25) is 0 Å². The summed E-state index contributed by atoms with van der Waals surface area (Å²) in [6, 6.07) is 11.6. The molecule has 0 saturated carbocycles. The highest BCUT2D eigenvalue weighted by molar-refractivity contribution is 5.73. The van der Waals surface area contributed by atoms with Gasteiger partial charge >= 0.3 is 6.09 Å². The molecule has 5 nitrogen and oxygen atoms in total. The third kappa shape index (κ3) is 2.62. The Morgan fingerprint density at radius 1 is 1.24 bits per heavy atom. The molecule has 0 aliphatic carbocycles. The summed E-state index contributed by atoms with van der Waals surface area (Å²) in [6.45, 7) is 0.409. The largest absolute Gasteiger partial charge is 0.465 e. The molecule has 2 aliphatic heterocycles. The standard InChI is InChI=1S/C19H19FN2O3/c20-13-3-1-2-11(8-13)12-4-5-16-15(9-12)18-14(17(10-23)21-16)6-7-22(18)19(24)25/h1-5,8-9,14,17-18,21,23H,6-7,10H2,(H,24,25)/t14-,17-,18-/m0/s1. The van der Waals surface area contributed by atoms with Crippen molar-refractivity contribution in [3.05, 3.63) is 53.8 Å². The zero-order chi connectivity index (χ0) is 17.6. The van der Waals surface area contributed by atoms with Crippen LogP contribution in [-0.4, -0.2) is 40.4 Å². The van der Waals surface area contributed by atoms with E-state index in [0.29, 0.717) is 13.0 Å². The van der Waals surface area contributed by atoms with Gasteiger partial charge in [-0.15, -0.1) is 0 Å². The topological polar surface area (TPSA) is 72.8 Å². The maximum Gasteiger partial charge on any atom is 0.407 e. The van der Waals surface area contributed by atoms with Gasteiger partial charge in [-0.05, 0) is 47.4 Å². The summed E-state index contributed by atoms with van der Waals surface area (Å²) in [7, 11) is 0. The van der Waals surface area contributed by atoms with Crippen LogP contribution in [0.25, 0.3) is 11.1 Å². The molecule has 1 amide bonds. The molecule has 1 saturated heterocycles. The van der Waals surface area contributed by atoms with Gasteiger partial charge in [-0.1, -0.05) is 18.2 Å². The number of carboxylic acid groups (broad SMARTS) is 1. The third-order valence-electron chi connectivity index (χ3n) is 5.27. The number of fused-ring (bicyclic) bond motifs is 3. The predicted octanol–water partition coefficient (Wildman–Crippen LogP) is 3.32. The first kappa shape index (κ1) is 15.9. The average molecular weight is 342 g/mol. The molecule has 2 aliphatic rings. The number of benzene rings is 2. The molecule has 0 unspecified atom stereocenters. The van der Waals surface area contributed by atoms with Gasteiger partial charge in [0.1, 0.15) is 5.82 Å². The molecule has 3 N–H and O–H groups in total. The zero-order valence-corrected chi connectivity index (χ0v) is 13.5. The van der Waals surface area contributed by atoms with Crippen LogP contribution in [-0.2, 0) is 0 Å². The molecule has 2 aromatic carbocycles. The Morgan fingerprint density at radius 2 is 2.04 bits per heavy atom. The molecule has 0 radical (unpaired) electrons. The van der Waals surface area contributed by atoms with Crippen LogP contribution in [0.15, 0.2) is 42.5 Å². The fourth-order valence-corrected chi connectivity index (χ4v) is 4.12. The first-order valence-corrected chi connectivity index (χ1v) is 8.35. The van der Waals surface area contributed by atoms with Gasteiger partial charge in [0.05, 0.1) is 18.7 Å². The van der Waals surface area contributed by atoms with Crippen molar-refractivity contribution >= 4 is 11.8 Å². The fourth-order valence-electron chi connectivity index (χ4n) is 4.12. The number of aliphatic hydroxyl groups is 1. The van der Waals surface area contributed by atoms with Gasteiger partial charge in [0.15, 0.2) is 0 Å². The molecule has 3 atom stereocenters. The van der Waals surface area contributed by atoms with E-state index < -0.39 is 6.09 Å². The molecule has 0 aromatic heterocycles. The second-order valence-corrected chi connectivity index (χ2v) is 6.62. The first-order chi connectivity index (χ1) is 12.1. The smallest absolute Gasteiger partial charge is 0.407 e. The molecule has 130 valence electrons. The maximum atomic E-state index is 13.5. The quantitative estimate of drug-likeness (QED) is 0.783. The van der Waals surface area contributed by atoms with E-state index in [1.54, 1.807) is 6.07 Å². The number of halogens is 1. The van der Waals surface area contributed by atoms with E-state index in [2.05, 4.69) is 5.32 Å². The second kappa shape index (κ2) is 6.04. The predicted molar refractivity (Wildman–Crippen MR) is 91.9 cm³/mol. The summed E-state index contributed by atoms with van der Waals surface area (Å²) in [4.78, 5) is 13.1. The number of likely N-dealkylation sites (tertiary alicyclic amines) is 1. The van der Waals surface area contributed by atoms with Gasteiger partial charge in [-0.2, -0.15) is 0 Å². The van der Waals surface area contributed by atoms with Crippen LogP contribution in [0.1, 0.15) is 18.0 Å². The van der Waals surface area contributed by atoms with Crippen LogP contribution in [0.2, 0.25) is 0 Å². The Kier molecular flexibility index (Phi) is 3.84. The summed E-state index contributed by atoms with van der Waals surface area (Å²) in [6.07, 6.45) is -0.244. The van der Waals surface area contributed by atoms with Crippen molar-refractivity contribution in [1.82, 2.24) is 4.90 Å². The van der Waals surface area contributed by atoms with E-state index in [-0.39, 0.29) is 30.4 Å². The zero-order valence-electron chi connectivity index (χ0n) is 13.5. The van der Waals surface area contributed by atoms with Crippen LogP contribution in [0.5, 0.6) is 0 Å². The van der Waals surface area contributed by atoms with E-state index in [1.165, 1.54) is 17.0 Å². The molecular weight excluding hydrogens is 323 g/mol. The lowest BCUT2D eigenvalue weighted by Crippen LogP contribution is -2.42. The van der Waals surface area contributed by atoms with E-state index in [9.17, 15) is 19.4 Å². The summed E-state index contributed by atoms with van der Waals surface area (Å²) >= 11 is 0. The Balaban J connectivity index is 1.81. The molecular formula is C19H19FN2O3. The number of rotatable bonds is 2. The first-order valence-electron chi connectivity index (χ1n) is 8.35. The van der Waals surface area contributed by atoms with E-state index in [0.717, 1.165) is 22.4 Å². The number of amides is 1. The minimum absolute atomic E-state index is 0.0244. The van der Waals surface area contributed by atoms with Crippen LogP contribution in [0.3, 0.4) is 0 Å². The lowest BCUT2D eigenvalue weighted by Gasteiger charge is -2.38. The minimum atomic E-state index is -0.951. The van der Waals surface area contributed by atoms with Crippen LogP contribution in [0.4, 0.5) is 14.9 Å². The number of hydrogen-bond donors (Lipinski definition) is 3. The summed E-state index contributed by atoms with van der Waals surface area (Å²) in [5, 5.41) is 22.6. The third-order valence-corrected chi connectivity index (χ3v) is 5.27. The van der Waals surface area contributed by atoms with Crippen LogP contribution in [0, 0.1) is 11.7 Å². The molecule has 0 bridgehead atoms. The normalized spacial score (nSPS) is 24.4. The molecule has 4 rings (SSSR count). The fraction of sp³-hybridized carbons (Fsp3) is 0.316. The average Bonchev–Trinajstić information content (AvgIpc) is 3.06. The lowest BCUT2D eigenvalue weighted by atomic mass is 9.82. The number of nitrogens with one attached hydrogen (secondary N) is 1. The number of anilines is 1. The highest BCUT2D eigenvalue weighted by Gasteiger charge is 2.45. The van der Waals surface area contributed by atoms with Crippen molar-refractivity contribution in [2.45, 2.75) is 18.5 Å². The van der Waals surface area contributed by atoms with Crippen LogP contribution >= 0.6 is 0 Å². The van der Waals surface area contributed by atoms with Crippen molar-refractivity contribution in [2.24, 2.45) is 5.92 Å². The second-order valence-electron chi connectivity index (χ2n) is 6.62. The van der Waals surface area contributed by atoms with Crippen molar-refractivity contribution in [3.8, 4) is 11.1 Å². The number of nitrogens with zero attached hydrogens (tertiary/aromatic N) is 1. The SMILES string of the molecule is O=C(O)N1CC[C@H]2[C@H](CO)Nc3ccc(-c4cccc(F)c4)cc3[C@H]21. The van der Waals surface area contributed by atoms with Crippen molar-refractivity contribution < 1.29 is 19.4 Å². The van der Waals surface area contributed by atoms with Crippen molar-refractivity contribution in [1.29, 1.82) is 0 Å². The molecule has 2 aromatic rings. The Hall–Kier alpha value is -2.60. The van der Waals surface area contributed by atoms with Crippen LogP contribution < -0.4 is 5.32 Å². The molecule has 1 fully saturated rings.